The summed E-state index contributed by atoms with van der Waals surface area (Å²) in [5, 5.41) is 0. The van der Waals surface area contributed by atoms with E-state index in [9.17, 15) is 4.39 Å². The summed E-state index contributed by atoms with van der Waals surface area (Å²) in [6.07, 6.45) is 1.10. The van der Waals surface area contributed by atoms with Gasteiger partial charge in [-0.1, -0.05) is 33.8 Å². The second-order valence-corrected chi connectivity index (χ2v) is 2.88. The van der Waals surface area contributed by atoms with Crippen LogP contribution in [0.25, 0.3) is 0 Å². The van der Waals surface area contributed by atoms with Crippen LogP contribution in [0.5, 0.6) is 5.75 Å². The van der Waals surface area contributed by atoms with Crippen LogP contribution in [0, 0.1) is 5.82 Å². The van der Waals surface area contributed by atoms with Crippen molar-refractivity contribution >= 4 is 0 Å². The molecule has 0 aliphatic carbocycles. The standard InChI is InChI=1S/C9H9FO.2C2H6/c1-6-4-7-2-3-8(10)5-9(7)11-6;2*1-2/h2-3,5-6H,4H2,1H3;2*1-2H3. The molecule has 1 nitrogen and oxygen atoms in total. The van der Waals surface area contributed by atoms with Gasteiger partial charge >= 0.3 is 0 Å². The van der Waals surface area contributed by atoms with Crippen molar-refractivity contribution in [2.24, 2.45) is 0 Å². The van der Waals surface area contributed by atoms with E-state index in [1.54, 1.807) is 6.07 Å². The Labute approximate surface area is 92.3 Å². The van der Waals surface area contributed by atoms with Crippen LogP contribution in [0.15, 0.2) is 18.2 Å². The summed E-state index contributed by atoms with van der Waals surface area (Å²) in [5.74, 6) is 0.482. The Morgan fingerprint density at radius 3 is 2.40 bits per heavy atom. The molecule has 1 aromatic carbocycles. The topological polar surface area (TPSA) is 9.23 Å². The zero-order chi connectivity index (χ0) is 11.8. The number of rotatable bonds is 0. The molecule has 1 aliphatic heterocycles. The Morgan fingerprint density at radius 1 is 1.20 bits per heavy atom. The fourth-order valence-electron chi connectivity index (χ4n) is 1.37. The van der Waals surface area contributed by atoms with Crippen LogP contribution in [-0.2, 0) is 6.42 Å². The first-order chi connectivity index (χ1) is 7.25. The van der Waals surface area contributed by atoms with Gasteiger partial charge in [-0.2, -0.15) is 0 Å². The molecule has 1 heterocycles. The summed E-state index contributed by atoms with van der Waals surface area (Å²) >= 11 is 0. The number of hydrogen-bond acceptors (Lipinski definition) is 1. The van der Waals surface area contributed by atoms with E-state index in [2.05, 4.69) is 0 Å². The van der Waals surface area contributed by atoms with Crippen LogP contribution in [0.4, 0.5) is 4.39 Å². The fraction of sp³-hybridized carbons (Fsp3) is 0.538. The smallest absolute Gasteiger partial charge is 0.126 e. The summed E-state index contributed by atoms with van der Waals surface area (Å²) in [6, 6.07) is 4.70. The molecule has 0 bridgehead atoms. The number of benzene rings is 1. The molecular weight excluding hydrogens is 191 g/mol. The lowest BCUT2D eigenvalue weighted by Gasteiger charge is -2.01. The predicted molar refractivity (Wildman–Crippen MR) is 62.9 cm³/mol. The number of hydrogen-bond donors (Lipinski definition) is 0. The third-order valence-corrected chi connectivity index (χ3v) is 1.86. The van der Waals surface area contributed by atoms with Crippen LogP contribution in [-0.4, -0.2) is 6.10 Å². The van der Waals surface area contributed by atoms with Crippen molar-refractivity contribution in [2.45, 2.75) is 47.1 Å². The Morgan fingerprint density at radius 2 is 1.80 bits per heavy atom. The monoisotopic (exact) mass is 212 g/mol. The molecular formula is C13H21FO. The van der Waals surface area contributed by atoms with Gasteiger partial charge < -0.3 is 4.74 Å². The Kier molecular flexibility index (Phi) is 6.76. The van der Waals surface area contributed by atoms with Gasteiger partial charge in [-0.3, -0.25) is 0 Å². The summed E-state index contributed by atoms with van der Waals surface area (Å²) in [7, 11) is 0. The van der Waals surface area contributed by atoms with E-state index in [4.69, 9.17) is 4.74 Å². The van der Waals surface area contributed by atoms with Gasteiger partial charge in [0, 0.05) is 12.5 Å². The lowest BCUT2D eigenvalue weighted by Crippen LogP contribution is -2.05. The third kappa shape index (κ3) is 3.90. The maximum absolute atomic E-state index is 12.6. The van der Waals surface area contributed by atoms with Crippen molar-refractivity contribution in [1.82, 2.24) is 0 Å². The molecule has 1 aliphatic rings. The molecule has 0 fully saturated rings. The number of ether oxygens (including phenoxy) is 1. The second-order valence-electron chi connectivity index (χ2n) is 2.88. The van der Waals surface area contributed by atoms with Gasteiger partial charge in [0.15, 0.2) is 0 Å². The van der Waals surface area contributed by atoms with Crippen LogP contribution in [0.2, 0.25) is 0 Å². The van der Waals surface area contributed by atoms with Crippen LogP contribution >= 0.6 is 0 Å². The number of halogens is 1. The molecule has 0 amide bonds. The average Bonchev–Trinajstić information content (AvgIpc) is 2.63. The highest BCUT2D eigenvalue weighted by atomic mass is 19.1. The van der Waals surface area contributed by atoms with E-state index >= 15 is 0 Å². The zero-order valence-corrected chi connectivity index (χ0v) is 10.3. The Hall–Kier alpha value is -1.05. The highest BCUT2D eigenvalue weighted by Gasteiger charge is 2.18. The summed E-state index contributed by atoms with van der Waals surface area (Å²) in [4.78, 5) is 0. The zero-order valence-electron chi connectivity index (χ0n) is 10.3. The van der Waals surface area contributed by atoms with E-state index in [0.29, 0.717) is 5.75 Å². The maximum Gasteiger partial charge on any atom is 0.126 e. The fourth-order valence-corrected chi connectivity index (χ4v) is 1.37. The van der Waals surface area contributed by atoms with Gasteiger partial charge in [0.05, 0.1) is 0 Å². The van der Waals surface area contributed by atoms with Crippen LogP contribution in [0.1, 0.15) is 40.2 Å². The SMILES string of the molecule is CC.CC.CC1Cc2ccc(F)cc2O1. The molecule has 15 heavy (non-hydrogen) atoms. The van der Waals surface area contributed by atoms with Crippen molar-refractivity contribution in [3.63, 3.8) is 0 Å². The molecule has 2 rings (SSSR count). The molecule has 0 N–H and O–H groups in total. The van der Waals surface area contributed by atoms with Gasteiger partial charge in [0.2, 0.25) is 0 Å². The quantitative estimate of drug-likeness (QED) is 0.626. The Balaban J connectivity index is 0.000000442. The van der Waals surface area contributed by atoms with Gasteiger partial charge in [-0.15, -0.1) is 0 Å². The largest absolute Gasteiger partial charge is 0.490 e. The average molecular weight is 212 g/mol. The van der Waals surface area contributed by atoms with Crippen molar-refractivity contribution in [2.75, 3.05) is 0 Å². The van der Waals surface area contributed by atoms with Crippen molar-refractivity contribution < 1.29 is 9.13 Å². The molecule has 1 unspecified atom stereocenters. The first kappa shape index (κ1) is 13.9. The van der Waals surface area contributed by atoms with E-state index < -0.39 is 0 Å². The molecule has 0 aromatic heterocycles. The lowest BCUT2D eigenvalue weighted by molar-refractivity contribution is 0.254. The van der Waals surface area contributed by atoms with E-state index in [0.717, 1.165) is 12.0 Å². The van der Waals surface area contributed by atoms with Crippen molar-refractivity contribution in [3.05, 3.63) is 29.6 Å². The minimum atomic E-state index is -0.224. The van der Waals surface area contributed by atoms with Crippen LogP contribution in [0.3, 0.4) is 0 Å². The van der Waals surface area contributed by atoms with Gasteiger partial charge in [0.1, 0.15) is 17.7 Å². The molecule has 1 atom stereocenters. The van der Waals surface area contributed by atoms with E-state index in [1.165, 1.54) is 12.1 Å². The number of fused-ring (bicyclic) bond motifs is 1. The summed E-state index contributed by atoms with van der Waals surface area (Å²) in [5.41, 5.74) is 1.11. The second kappa shape index (κ2) is 7.27. The predicted octanol–water partition coefficient (Wildman–Crippen LogP) is 4.20. The lowest BCUT2D eigenvalue weighted by atomic mass is 10.1. The minimum absolute atomic E-state index is 0.201. The molecule has 0 saturated carbocycles. The first-order valence-electron chi connectivity index (χ1n) is 5.71. The first-order valence-corrected chi connectivity index (χ1v) is 5.71. The third-order valence-electron chi connectivity index (χ3n) is 1.86. The highest BCUT2D eigenvalue weighted by molar-refractivity contribution is 5.37. The van der Waals surface area contributed by atoms with E-state index in [1.807, 2.05) is 34.6 Å². The molecule has 0 spiro atoms. The summed E-state index contributed by atoms with van der Waals surface area (Å²) < 4.78 is 18.0. The van der Waals surface area contributed by atoms with E-state index in [-0.39, 0.29) is 11.9 Å². The normalized spacial score (nSPS) is 16.3. The minimum Gasteiger partial charge on any atom is -0.490 e. The van der Waals surface area contributed by atoms with Crippen molar-refractivity contribution in [1.29, 1.82) is 0 Å². The van der Waals surface area contributed by atoms with Gasteiger partial charge in [-0.05, 0) is 18.6 Å². The molecule has 86 valence electrons. The van der Waals surface area contributed by atoms with Gasteiger partial charge in [0.25, 0.3) is 0 Å². The molecule has 1 aromatic rings. The van der Waals surface area contributed by atoms with Crippen molar-refractivity contribution in [3.8, 4) is 5.75 Å². The maximum atomic E-state index is 12.6. The Bertz CT molecular complexity index is 284. The summed E-state index contributed by atoms with van der Waals surface area (Å²) in [6.45, 7) is 9.98. The highest BCUT2D eigenvalue weighted by Crippen LogP contribution is 2.28. The van der Waals surface area contributed by atoms with Gasteiger partial charge in [-0.25, -0.2) is 4.39 Å². The molecule has 2 heteroatoms. The van der Waals surface area contributed by atoms with Crippen LogP contribution < -0.4 is 4.74 Å². The molecule has 0 radical (unpaired) electrons. The molecule has 0 saturated heterocycles.